The lowest BCUT2D eigenvalue weighted by Crippen LogP contribution is -2.60. The van der Waals surface area contributed by atoms with Crippen LogP contribution in [0.25, 0.3) is 0 Å². The molecule has 130 valence electrons. The largest absolute Gasteiger partial charge is 0.494 e. The van der Waals surface area contributed by atoms with Crippen molar-refractivity contribution in [3.63, 3.8) is 0 Å². The molecule has 0 amide bonds. The Morgan fingerprint density at radius 1 is 1.39 bits per heavy atom. The van der Waals surface area contributed by atoms with Gasteiger partial charge in [-0.2, -0.15) is 0 Å². The van der Waals surface area contributed by atoms with Gasteiger partial charge >= 0.3 is 0 Å². The molecule has 1 aliphatic carbocycles. The van der Waals surface area contributed by atoms with Crippen molar-refractivity contribution < 1.29 is 22.6 Å². The molecule has 1 aliphatic rings. The van der Waals surface area contributed by atoms with Crippen molar-refractivity contribution in [2.24, 2.45) is 0 Å². The van der Waals surface area contributed by atoms with Gasteiger partial charge in [-0.15, -0.1) is 0 Å². The van der Waals surface area contributed by atoms with Gasteiger partial charge in [0.1, 0.15) is 4.90 Å². The van der Waals surface area contributed by atoms with Gasteiger partial charge < -0.3 is 14.2 Å². The predicted octanol–water partition coefficient (Wildman–Crippen LogP) is 2.58. The normalized spacial score (nSPS) is 24.3. The van der Waals surface area contributed by atoms with Crippen LogP contribution in [-0.4, -0.2) is 47.5 Å². The van der Waals surface area contributed by atoms with E-state index in [9.17, 15) is 8.42 Å². The minimum atomic E-state index is -3.81. The van der Waals surface area contributed by atoms with Crippen molar-refractivity contribution in [2.45, 2.75) is 36.5 Å². The lowest BCUT2D eigenvalue weighted by molar-refractivity contribution is -0.126. The molecule has 1 aromatic rings. The van der Waals surface area contributed by atoms with Crippen LogP contribution >= 0.6 is 27.5 Å². The second kappa shape index (κ2) is 7.67. The average molecular weight is 429 g/mol. The van der Waals surface area contributed by atoms with Gasteiger partial charge in [-0.3, -0.25) is 0 Å². The Labute approximate surface area is 149 Å². The molecule has 0 aliphatic heterocycles. The summed E-state index contributed by atoms with van der Waals surface area (Å²) in [5.41, 5.74) is 0. The molecule has 0 bridgehead atoms. The highest BCUT2D eigenvalue weighted by Crippen LogP contribution is 2.36. The maximum atomic E-state index is 12.7. The standard InChI is InChI=1S/C14H19BrClNO5S/c1-4-22-11-7-10(14(11)21-3)17-23(18,19)12-6-8(16)5-9(15)13(12)20-2/h5-6,10-11,14,17H,4,7H2,1-3H3. The highest BCUT2D eigenvalue weighted by Gasteiger charge is 2.44. The van der Waals surface area contributed by atoms with Crippen molar-refractivity contribution in [1.82, 2.24) is 4.72 Å². The molecule has 0 radical (unpaired) electrons. The molecule has 23 heavy (non-hydrogen) atoms. The summed E-state index contributed by atoms with van der Waals surface area (Å²) in [4.78, 5) is -0.0194. The maximum absolute atomic E-state index is 12.7. The van der Waals surface area contributed by atoms with Crippen molar-refractivity contribution >= 4 is 37.6 Å². The summed E-state index contributed by atoms with van der Waals surface area (Å²) in [6.45, 7) is 2.44. The fourth-order valence-corrected chi connectivity index (χ4v) is 5.23. The van der Waals surface area contributed by atoms with Gasteiger partial charge in [-0.05, 0) is 41.4 Å². The van der Waals surface area contributed by atoms with Gasteiger partial charge in [-0.25, -0.2) is 13.1 Å². The van der Waals surface area contributed by atoms with E-state index in [0.717, 1.165) is 0 Å². The number of sulfonamides is 1. The summed E-state index contributed by atoms with van der Waals surface area (Å²) in [5.74, 6) is 0.205. The van der Waals surface area contributed by atoms with Gasteiger partial charge in [0.25, 0.3) is 0 Å². The number of hydrogen-bond donors (Lipinski definition) is 1. The first kappa shape index (κ1) is 19.0. The summed E-state index contributed by atoms with van der Waals surface area (Å²) >= 11 is 9.22. The first-order valence-corrected chi connectivity index (χ1v) is 9.69. The molecule has 0 aromatic heterocycles. The molecule has 3 unspecified atom stereocenters. The summed E-state index contributed by atoms with van der Waals surface area (Å²) in [6, 6.07) is 2.57. The van der Waals surface area contributed by atoms with E-state index in [1.54, 1.807) is 6.07 Å². The number of halogens is 2. The van der Waals surface area contributed by atoms with Crippen molar-refractivity contribution in [3.8, 4) is 5.75 Å². The topological polar surface area (TPSA) is 73.9 Å². The monoisotopic (exact) mass is 427 g/mol. The third-order valence-corrected chi connectivity index (χ3v) is 5.98. The van der Waals surface area contributed by atoms with E-state index in [4.69, 9.17) is 25.8 Å². The van der Waals surface area contributed by atoms with Crippen molar-refractivity contribution in [3.05, 3.63) is 21.6 Å². The van der Waals surface area contributed by atoms with Gasteiger partial charge in [-0.1, -0.05) is 11.6 Å². The highest BCUT2D eigenvalue weighted by atomic mass is 79.9. The Hall–Kier alpha value is -0.380. The van der Waals surface area contributed by atoms with E-state index in [-0.39, 0.29) is 28.9 Å². The average Bonchev–Trinajstić information content (AvgIpc) is 2.45. The molecule has 0 spiro atoms. The lowest BCUT2D eigenvalue weighted by Gasteiger charge is -2.43. The van der Waals surface area contributed by atoms with Crippen LogP contribution in [0, 0.1) is 0 Å². The molecule has 1 aromatic carbocycles. The summed E-state index contributed by atoms with van der Waals surface area (Å²) in [7, 11) is -0.877. The van der Waals surface area contributed by atoms with E-state index >= 15 is 0 Å². The Kier molecular flexibility index (Phi) is 6.32. The fraction of sp³-hybridized carbons (Fsp3) is 0.571. The zero-order valence-corrected chi connectivity index (χ0v) is 16.2. The molecule has 2 rings (SSSR count). The fourth-order valence-electron chi connectivity index (χ4n) is 2.59. The van der Waals surface area contributed by atoms with Gasteiger partial charge in [0.2, 0.25) is 10.0 Å². The quantitative estimate of drug-likeness (QED) is 0.722. The van der Waals surface area contributed by atoms with Crippen LogP contribution in [-0.2, 0) is 19.5 Å². The predicted molar refractivity (Wildman–Crippen MR) is 90.6 cm³/mol. The number of ether oxygens (including phenoxy) is 3. The minimum absolute atomic E-state index is 0.0194. The number of rotatable bonds is 7. The van der Waals surface area contributed by atoms with Crippen LogP contribution in [0.3, 0.4) is 0 Å². The van der Waals surface area contributed by atoms with Gasteiger partial charge in [0.05, 0.1) is 29.8 Å². The molecular formula is C14H19BrClNO5S. The van der Waals surface area contributed by atoms with E-state index in [0.29, 0.717) is 22.5 Å². The molecule has 3 atom stereocenters. The van der Waals surface area contributed by atoms with Crippen LogP contribution < -0.4 is 9.46 Å². The Bertz CT molecular complexity index is 669. The molecule has 6 nitrogen and oxygen atoms in total. The molecule has 1 fully saturated rings. The first-order valence-electron chi connectivity index (χ1n) is 7.03. The minimum Gasteiger partial charge on any atom is -0.494 e. The van der Waals surface area contributed by atoms with Gasteiger partial charge in [0.15, 0.2) is 5.75 Å². The van der Waals surface area contributed by atoms with E-state index in [2.05, 4.69) is 20.7 Å². The zero-order valence-electron chi connectivity index (χ0n) is 13.0. The molecular weight excluding hydrogens is 410 g/mol. The summed E-state index contributed by atoms with van der Waals surface area (Å²) in [5, 5.41) is 0.294. The summed E-state index contributed by atoms with van der Waals surface area (Å²) < 4.78 is 44.5. The van der Waals surface area contributed by atoms with Gasteiger partial charge in [0, 0.05) is 18.7 Å². The molecule has 0 heterocycles. The number of hydrogen-bond acceptors (Lipinski definition) is 5. The van der Waals surface area contributed by atoms with E-state index < -0.39 is 10.0 Å². The molecule has 1 N–H and O–H groups in total. The second-order valence-corrected chi connectivity index (χ2v) is 8.05. The molecule has 1 saturated carbocycles. The third-order valence-electron chi connectivity index (χ3n) is 3.68. The van der Waals surface area contributed by atoms with E-state index in [1.165, 1.54) is 20.3 Å². The van der Waals surface area contributed by atoms with Crippen LogP contribution in [0.2, 0.25) is 5.02 Å². The smallest absolute Gasteiger partial charge is 0.244 e. The zero-order chi connectivity index (χ0) is 17.2. The lowest BCUT2D eigenvalue weighted by atomic mass is 9.86. The number of benzene rings is 1. The second-order valence-electron chi connectivity index (χ2n) is 5.08. The maximum Gasteiger partial charge on any atom is 0.244 e. The molecule has 9 heteroatoms. The molecule has 0 saturated heterocycles. The Morgan fingerprint density at radius 2 is 2.09 bits per heavy atom. The number of methoxy groups -OCH3 is 2. The number of nitrogens with one attached hydrogen (secondary N) is 1. The van der Waals surface area contributed by atoms with Crippen molar-refractivity contribution in [1.29, 1.82) is 0 Å². The third kappa shape index (κ3) is 4.00. The van der Waals surface area contributed by atoms with Crippen LogP contribution in [0.15, 0.2) is 21.5 Å². The SMILES string of the molecule is CCOC1CC(NS(=O)(=O)c2cc(Cl)cc(Br)c2OC)C1OC. The summed E-state index contributed by atoms with van der Waals surface area (Å²) in [6.07, 6.45) is 0.124. The van der Waals surface area contributed by atoms with Crippen LogP contribution in [0.1, 0.15) is 13.3 Å². The Balaban J connectivity index is 2.24. The van der Waals surface area contributed by atoms with Crippen LogP contribution in [0.5, 0.6) is 5.75 Å². The Morgan fingerprint density at radius 3 is 2.65 bits per heavy atom. The van der Waals surface area contributed by atoms with E-state index in [1.807, 2.05) is 6.92 Å². The highest BCUT2D eigenvalue weighted by molar-refractivity contribution is 9.10. The van der Waals surface area contributed by atoms with Crippen molar-refractivity contribution in [2.75, 3.05) is 20.8 Å². The first-order chi connectivity index (χ1) is 10.8. The van der Waals surface area contributed by atoms with Crippen LogP contribution in [0.4, 0.5) is 0 Å².